The van der Waals surface area contributed by atoms with Gasteiger partial charge >= 0.3 is 0 Å². The van der Waals surface area contributed by atoms with Gasteiger partial charge in [-0.2, -0.15) is 0 Å². The zero-order chi connectivity index (χ0) is 23.8. The molecular weight excluding hydrogens is 568 g/mol. The van der Waals surface area contributed by atoms with Gasteiger partial charge in [-0.25, -0.2) is 8.42 Å². The number of benzene rings is 3. The van der Waals surface area contributed by atoms with Crippen molar-refractivity contribution in [2.75, 3.05) is 29.0 Å². The number of Topliss-reactive ketones (excluding diaryl/α,β-unsaturated/α-hetero) is 1. The van der Waals surface area contributed by atoms with Crippen molar-refractivity contribution in [3.63, 3.8) is 0 Å². The van der Waals surface area contributed by atoms with Crippen molar-refractivity contribution < 1.29 is 13.2 Å². The Bertz CT molecular complexity index is 1170. The van der Waals surface area contributed by atoms with E-state index in [-0.39, 0.29) is 18.9 Å². The van der Waals surface area contributed by atoms with Crippen LogP contribution in [0, 0.1) is 0 Å². The molecule has 0 N–H and O–H groups in total. The third kappa shape index (κ3) is 7.50. The molecule has 3 aromatic rings. The Kier molecular flexibility index (Phi) is 9.26. The number of hydrogen-bond donors (Lipinski definition) is 0. The minimum atomic E-state index is -3.58. The highest BCUT2D eigenvalue weighted by Gasteiger charge is 2.22. The van der Waals surface area contributed by atoms with Crippen molar-refractivity contribution in [1.82, 2.24) is 4.90 Å². The third-order valence-corrected chi connectivity index (χ3v) is 7.27. The van der Waals surface area contributed by atoms with Crippen LogP contribution in [0.2, 0.25) is 0 Å². The molecule has 0 aromatic heterocycles. The van der Waals surface area contributed by atoms with E-state index in [0.717, 1.165) is 16.5 Å². The van der Waals surface area contributed by atoms with Crippen molar-refractivity contribution in [3.8, 4) is 0 Å². The lowest BCUT2D eigenvalue weighted by Gasteiger charge is -2.25. The van der Waals surface area contributed by atoms with Gasteiger partial charge in [-0.1, -0.05) is 82.7 Å². The topological polar surface area (TPSA) is 57.7 Å². The molecule has 3 rings (SSSR count). The van der Waals surface area contributed by atoms with Gasteiger partial charge in [0.1, 0.15) is 0 Å². The van der Waals surface area contributed by atoms with Crippen LogP contribution in [-0.4, -0.2) is 43.8 Å². The summed E-state index contributed by atoms with van der Waals surface area (Å²) in [6.07, 6.45) is 1.18. The van der Waals surface area contributed by atoms with Crippen LogP contribution in [0.3, 0.4) is 0 Å². The second-order valence-corrected chi connectivity index (χ2v) is 11.3. The summed E-state index contributed by atoms with van der Waals surface area (Å²) in [6.45, 7) is 1.79. The van der Waals surface area contributed by atoms with E-state index in [2.05, 4.69) is 36.8 Å². The van der Waals surface area contributed by atoms with Crippen molar-refractivity contribution in [2.24, 2.45) is 0 Å². The predicted octanol–water partition coefficient (Wildman–Crippen LogP) is 5.50. The standard InChI is InChI=1S/C25H26Br2N2O3S/c1-33(31,32)29(18-21-10-6-3-7-11-21)24-16-22(12-13-23(24)27)25(30)19-28(15-14-26)17-20-8-4-2-5-9-20/h2-13,16H,14-15,17-19H2,1H3. The molecule has 0 atom stereocenters. The Morgan fingerprint density at radius 2 is 1.45 bits per heavy atom. The lowest BCUT2D eigenvalue weighted by Crippen LogP contribution is -2.32. The number of anilines is 1. The number of halogens is 2. The van der Waals surface area contributed by atoms with Crippen LogP contribution in [0.15, 0.2) is 83.3 Å². The molecule has 0 amide bonds. The molecule has 0 aliphatic rings. The Hall–Kier alpha value is -2.00. The first-order valence-corrected chi connectivity index (χ1v) is 14.2. The van der Waals surface area contributed by atoms with E-state index in [0.29, 0.717) is 28.8 Å². The van der Waals surface area contributed by atoms with Crippen molar-refractivity contribution >= 4 is 53.4 Å². The third-order valence-electron chi connectivity index (χ3n) is 5.12. The number of carbonyl (C=O) groups is 1. The Balaban J connectivity index is 1.85. The van der Waals surface area contributed by atoms with Crippen LogP contribution in [0.25, 0.3) is 0 Å². The molecule has 8 heteroatoms. The second-order valence-electron chi connectivity index (χ2n) is 7.73. The van der Waals surface area contributed by atoms with Crippen LogP contribution < -0.4 is 4.31 Å². The quantitative estimate of drug-likeness (QED) is 0.218. The summed E-state index contributed by atoms with van der Waals surface area (Å²) in [5.41, 5.74) is 2.91. The average molecular weight is 594 g/mol. The number of sulfonamides is 1. The van der Waals surface area contributed by atoms with Crippen LogP contribution in [0.4, 0.5) is 5.69 Å². The summed E-state index contributed by atoms with van der Waals surface area (Å²) in [4.78, 5) is 15.2. The molecular formula is C25H26Br2N2O3S. The minimum Gasteiger partial charge on any atom is -0.293 e. The minimum absolute atomic E-state index is 0.0613. The number of ketones is 1. The summed E-state index contributed by atoms with van der Waals surface area (Å²) in [5, 5.41) is 0.748. The molecule has 0 saturated carbocycles. The molecule has 33 heavy (non-hydrogen) atoms. The molecule has 5 nitrogen and oxygen atoms in total. The largest absolute Gasteiger partial charge is 0.293 e. The molecule has 3 aromatic carbocycles. The lowest BCUT2D eigenvalue weighted by atomic mass is 10.1. The zero-order valence-electron chi connectivity index (χ0n) is 18.3. The predicted molar refractivity (Wildman–Crippen MR) is 141 cm³/mol. The number of hydrogen-bond acceptors (Lipinski definition) is 4. The fraction of sp³-hybridized carbons (Fsp3) is 0.240. The van der Waals surface area contributed by atoms with Gasteiger partial charge in [-0.05, 0) is 39.2 Å². The van der Waals surface area contributed by atoms with Gasteiger partial charge in [0.2, 0.25) is 10.0 Å². The van der Waals surface area contributed by atoms with E-state index in [1.54, 1.807) is 18.2 Å². The lowest BCUT2D eigenvalue weighted by molar-refractivity contribution is 0.0930. The van der Waals surface area contributed by atoms with Crippen LogP contribution in [0.1, 0.15) is 21.5 Å². The molecule has 0 bridgehead atoms. The van der Waals surface area contributed by atoms with Crippen LogP contribution >= 0.6 is 31.9 Å². The summed E-state index contributed by atoms with van der Waals surface area (Å²) >= 11 is 6.94. The van der Waals surface area contributed by atoms with E-state index >= 15 is 0 Å². The van der Waals surface area contributed by atoms with E-state index in [9.17, 15) is 13.2 Å². The van der Waals surface area contributed by atoms with Gasteiger partial charge in [0.15, 0.2) is 5.78 Å². The van der Waals surface area contributed by atoms with Gasteiger partial charge in [0.25, 0.3) is 0 Å². The number of rotatable bonds is 11. The SMILES string of the molecule is CS(=O)(=O)N(Cc1ccccc1)c1cc(C(=O)CN(CCBr)Cc2ccccc2)ccc1Br. The van der Waals surface area contributed by atoms with Gasteiger partial charge < -0.3 is 0 Å². The zero-order valence-corrected chi connectivity index (χ0v) is 22.3. The first-order chi connectivity index (χ1) is 15.8. The van der Waals surface area contributed by atoms with E-state index in [4.69, 9.17) is 0 Å². The molecule has 0 heterocycles. The monoisotopic (exact) mass is 592 g/mol. The first kappa shape index (κ1) is 25.6. The number of nitrogens with zero attached hydrogens (tertiary/aromatic N) is 2. The molecule has 0 unspecified atom stereocenters. The molecule has 0 aliphatic carbocycles. The summed E-state index contributed by atoms with van der Waals surface area (Å²) in [5.74, 6) is -0.0613. The summed E-state index contributed by atoms with van der Waals surface area (Å²) in [6, 6.07) is 24.5. The Labute approximate surface area is 212 Å². The van der Waals surface area contributed by atoms with Crippen molar-refractivity contribution in [1.29, 1.82) is 0 Å². The maximum atomic E-state index is 13.2. The van der Waals surface area contributed by atoms with Crippen LogP contribution in [-0.2, 0) is 23.1 Å². The smallest absolute Gasteiger partial charge is 0.232 e. The highest BCUT2D eigenvalue weighted by Crippen LogP contribution is 2.31. The average Bonchev–Trinajstić information content (AvgIpc) is 2.79. The normalized spacial score (nSPS) is 11.5. The van der Waals surface area contributed by atoms with Gasteiger partial charge in [0.05, 0.1) is 25.0 Å². The molecule has 174 valence electrons. The maximum Gasteiger partial charge on any atom is 0.232 e. The Morgan fingerprint density at radius 1 is 0.879 bits per heavy atom. The molecule has 0 fully saturated rings. The second kappa shape index (κ2) is 11.9. The van der Waals surface area contributed by atoms with Gasteiger partial charge in [0, 0.05) is 28.5 Å². The summed E-state index contributed by atoms with van der Waals surface area (Å²) in [7, 11) is -3.58. The fourth-order valence-electron chi connectivity index (χ4n) is 3.48. The van der Waals surface area contributed by atoms with Crippen molar-refractivity contribution in [2.45, 2.75) is 13.1 Å². The van der Waals surface area contributed by atoms with Crippen LogP contribution in [0.5, 0.6) is 0 Å². The van der Waals surface area contributed by atoms with E-state index in [1.165, 1.54) is 10.6 Å². The molecule has 0 saturated heterocycles. The number of alkyl halides is 1. The van der Waals surface area contributed by atoms with E-state index < -0.39 is 10.0 Å². The Morgan fingerprint density at radius 3 is 2.00 bits per heavy atom. The molecule has 0 radical (unpaired) electrons. The molecule has 0 spiro atoms. The molecule has 0 aliphatic heterocycles. The van der Waals surface area contributed by atoms with Crippen molar-refractivity contribution in [3.05, 3.63) is 100 Å². The maximum absolute atomic E-state index is 13.2. The van der Waals surface area contributed by atoms with Gasteiger partial charge in [-0.3, -0.25) is 14.0 Å². The van der Waals surface area contributed by atoms with E-state index in [1.807, 2.05) is 60.7 Å². The highest BCUT2D eigenvalue weighted by atomic mass is 79.9. The summed E-state index contributed by atoms with van der Waals surface area (Å²) < 4.78 is 27.2. The first-order valence-electron chi connectivity index (χ1n) is 10.4. The fourth-order valence-corrected chi connectivity index (χ4v) is 5.45. The van der Waals surface area contributed by atoms with Gasteiger partial charge in [-0.15, -0.1) is 0 Å². The highest BCUT2D eigenvalue weighted by molar-refractivity contribution is 9.10. The number of carbonyl (C=O) groups excluding carboxylic acids is 1.